The standard InChI is InChI=1S/C26H42N4O/c1-6-7-12-26(28(3)4)13-15-30(16-14-26)18-17-29(5)25(31)19-21(2)23-20-27-24-11-9-8-10-22(23)24/h8-11,20-21,27H,6-7,12-19H2,1-5H3. The van der Waals surface area contributed by atoms with Crippen LogP contribution in [0.4, 0.5) is 0 Å². The van der Waals surface area contributed by atoms with Crippen molar-refractivity contribution in [1.29, 1.82) is 0 Å². The third-order valence-electron chi connectivity index (χ3n) is 7.54. The van der Waals surface area contributed by atoms with E-state index in [1.807, 2.05) is 18.0 Å². The van der Waals surface area contributed by atoms with Crippen molar-refractivity contribution >= 4 is 16.8 Å². The summed E-state index contributed by atoms with van der Waals surface area (Å²) in [7, 11) is 6.44. The molecule has 5 heteroatoms. The summed E-state index contributed by atoms with van der Waals surface area (Å²) in [4.78, 5) is 23.1. The number of hydrogen-bond acceptors (Lipinski definition) is 3. The van der Waals surface area contributed by atoms with Gasteiger partial charge in [0.05, 0.1) is 0 Å². The van der Waals surface area contributed by atoms with Crippen LogP contribution in [0.15, 0.2) is 30.5 Å². The van der Waals surface area contributed by atoms with Crippen LogP contribution < -0.4 is 0 Å². The minimum Gasteiger partial charge on any atom is -0.361 e. The number of nitrogens with one attached hydrogen (secondary N) is 1. The first-order valence-corrected chi connectivity index (χ1v) is 12.1. The number of carbonyl (C=O) groups is 1. The molecule has 3 rings (SSSR count). The van der Waals surface area contributed by atoms with Crippen molar-refractivity contribution in [1.82, 2.24) is 19.7 Å². The van der Waals surface area contributed by atoms with Gasteiger partial charge in [-0.1, -0.05) is 44.9 Å². The predicted molar refractivity (Wildman–Crippen MR) is 131 cm³/mol. The van der Waals surface area contributed by atoms with Gasteiger partial charge in [0.15, 0.2) is 0 Å². The molecule has 1 aliphatic rings. The van der Waals surface area contributed by atoms with E-state index >= 15 is 0 Å². The molecule has 1 N–H and O–H groups in total. The number of nitrogens with zero attached hydrogens (tertiary/aromatic N) is 3. The molecule has 0 aliphatic carbocycles. The first-order chi connectivity index (χ1) is 14.9. The van der Waals surface area contributed by atoms with Crippen LogP contribution >= 0.6 is 0 Å². The van der Waals surface area contributed by atoms with Crippen LogP contribution in [0, 0.1) is 0 Å². The van der Waals surface area contributed by atoms with E-state index < -0.39 is 0 Å². The lowest BCUT2D eigenvalue weighted by atomic mass is 9.82. The molecule has 1 amide bonds. The van der Waals surface area contributed by atoms with Gasteiger partial charge in [0.2, 0.25) is 5.91 Å². The van der Waals surface area contributed by atoms with Crippen molar-refractivity contribution < 1.29 is 4.79 Å². The van der Waals surface area contributed by atoms with Gasteiger partial charge in [0, 0.05) is 49.2 Å². The fourth-order valence-electron chi connectivity index (χ4n) is 5.07. The van der Waals surface area contributed by atoms with E-state index in [4.69, 9.17) is 0 Å². The largest absolute Gasteiger partial charge is 0.361 e. The maximum Gasteiger partial charge on any atom is 0.222 e. The zero-order chi connectivity index (χ0) is 22.4. The van der Waals surface area contributed by atoms with Gasteiger partial charge >= 0.3 is 0 Å². The molecular weight excluding hydrogens is 384 g/mol. The number of likely N-dealkylation sites (tertiary alicyclic amines) is 1. The van der Waals surface area contributed by atoms with E-state index in [0.29, 0.717) is 12.0 Å². The maximum absolute atomic E-state index is 12.9. The van der Waals surface area contributed by atoms with Crippen LogP contribution in [0.2, 0.25) is 0 Å². The highest BCUT2D eigenvalue weighted by Gasteiger charge is 2.35. The average molecular weight is 427 g/mol. The second kappa shape index (κ2) is 10.6. The summed E-state index contributed by atoms with van der Waals surface area (Å²) < 4.78 is 0. The van der Waals surface area contributed by atoms with Gasteiger partial charge in [-0.15, -0.1) is 0 Å². The third-order valence-corrected chi connectivity index (χ3v) is 7.54. The van der Waals surface area contributed by atoms with Gasteiger partial charge in [-0.3, -0.25) is 4.79 Å². The van der Waals surface area contributed by atoms with Crippen LogP contribution in [0.1, 0.15) is 63.9 Å². The smallest absolute Gasteiger partial charge is 0.222 e. The van der Waals surface area contributed by atoms with Crippen LogP contribution in [0.5, 0.6) is 0 Å². The Bertz CT molecular complexity index is 835. The Balaban J connectivity index is 1.46. The second-order valence-corrected chi connectivity index (χ2v) is 9.77. The minimum atomic E-state index is 0.209. The molecule has 1 aliphatic heterocycles. The number of hydrogen-bond donors (Lipinski definition) is 1. The first kappa shape index (κ1) is 23.8. The zero-order valence-electron chi connectivity index (χ0n) is 20.3. The molecule has 0 spiro atoms. The van der Waals surface area contributed by atoms with Crippen LogP contribution in [0.25, 0.3) is 10.9 Å². The Hall–Kier alpha value is -1.85. The Labute approximate surface area is 188 Å². The molecule has 1 aromatic carbocycles. The predicted octanol–water partition coefficient (Wildman–Crippen LogP) is 4.71. The molecular formula is C26H42N4O. The Morgan fingerprint density at radius 3 is 2.58 bits per heavy atom. The van der Waals surface area contributed by atoms with Crippen LogP contribution in [0.3, 0.4) is 0 Å². The van der Waals surface area contributed by atoms with E-state index in [9.17, 15) is 4.79 Å². The topological polar surface area (TPSA) is 42.6 Å². The van der Waals surface area contributed by atoms with Crippen molar-refractivity contribution in [3.05, 3.63) is 36.0 Å². The van der Waals surface area contributed by atoms with Crippen LogP contribution in [-0.2, 0) is 4.79 Å². The molecule has 1 atom stereocenters. The van der Waals surface area contributed by atoms with Gasteiger partial charge in [0.25, 0.3) is 0 Å². The molecule has 31 heavy (non-hydrogen) atoms. The maximum atomic E-state index is 12.9. The van der Waals surface area contributed by atoms with E-state index in [0.717, 1.165) is 31.7 Å². The normalized spacial score (nSPS) is 17.9. The van der Waals surface area contributed by atoms with E-state index in [2.05, 4.69) is 67.1 Å². The van der Waals surface area contributed by atoms with Gasteiger partial charge in [-0.2, -0.15) is 0 Å². The van der Waals surface area contributed by atoms with Crippen molar-refractivity contribution in [2.75, 3.05) is 47.3 Å². The fourth-order valence-corrected chi connectivity index (χ4v) is 5.07. The molecule has 1 aromatic heterocycles. The number of carbonyl (C=O) groups excluding carboxylic acids is 1. The number of aromatic amines is 1. The number of fused-ring (bicyclic) bond motifs is 1. The molecule has 1 saturated heterocycles. The molecule has 2 aromatic rings. The SMILES string of the molecule is CCCCC1(N(C)C)CCN(CCN(C)C(=O)CC(C)c2c[nH]c3ccccc23)CC1. The highest BCUT2D eigenvalue weighted by Crippen LogP contribution is 2.32. The van der Waals surface area contributed by atoms with Crippen molar-refractivity contribution in [3.8, 4) is 0 Å². The summed E-state index contributed by atoms with van der Waals surface area (Å²) in [5.74, 6) is 0.445. The second-order valence-electron chi connectivity index (χ2n) is 9.77. The molecule has 1 fully saturated rings. The van der Waals surface area contributed by atoms with Gasteiger partial charge in [0.1, 0.15) is 0 Å². The van der Waals surface area contributed by atoms with E-state index in [1.165, 1.54) is 43.1 Å². The number of likely N-dealkylation sites (N-methyl/N-ethyl adjacent to an activating group) is 1. The molecule has 0 bridgehead atoms. The molecule has 5 nitrogen and oxygen atoms in total. The third kappa shape index (κ3) is 5.69. The Morgan fingerprint density at radius 2 is 1.90 bits per heavy atom. The lowest BCUT2D eigenvalue weighted by Crippen LogP contribution is -2.53. The van der Waals surface area contributed by atoms with Crippen molar-refractivity contribution in [2.45, 2.75) is 63.8 Å². The summed E-state index contributed by atoms with van der Waals surface area (Å²) in [6.45, 7) is 8.49. The number of para-hydroxylation sites is 1. The minimum absolute atomic E-state index is 0.209. The summed E-state index contributed by atoms with van der Waals surface area (Å²) in [5.41, 5.74) is 2.74. The van der Waals surface area contributed by atoms with Gasteiger partial charge in [-0.25, -0.2) is 0 Å². The number of H-pyrrole nitrogens is 1. The summed E-state index contributed by atoms with van der Waals surface area (Å²) >= 11 is 0. The number of rotatable bonds is 10. The number of unbranched alkanes of at least 4 members (excludes halogenated alkanes) is 1. The van der Waals surface area contributed by atoms with Gasteiger partial charge < -0.3 is 19.7 Å². The van der Waals surface area contributed by atoms with Crippen molar-refractivity contribution in [3.63, 3.8) is 0 Å². The lowest BCUT2D eigenvalue weighted by molar-refractivity contribution is -0.130. The lowest BCUT2D eigenvalue weighted by Gasteiger charge is -2.46. The average Bonchev–Trinajstić information content (AvgIpc) is 3.21. The monoisotopic (exact) mass is 426 g/mol. The van der Waals surface area contributed by atoms with E-state index in [-0.39, 0.29) is 11.8 Å². The molecule has 172 valence electrons. The summed E-state index contributed by atoms with van der Waals surface area (Å²) in [5, 5.41) is 1.23. The number of piperidine rings is 1. The quantitative estimate of drug-likeness (QED) is 0.598. The first-order valence-electron chi connectivity index (χ1n) is 12.1. The summed E-state index contributed by atoms with van der Waals surface area (Å²) in [6, 6.07) is 8.33. The highest BCUT2D eigenvalue weighted by molar-refractivity contribution is 5.85. The number of amides is 1. The molecule has 2 heterocycles. The van der Waals surface area contributed by atoms with Crippen molar-refractivity contribution in [2.24, 2.45) is 0 Å². The Morgan fingerprint density at radius 1 is 1.19 bits per heavy atom. The molecule has 0 radical (unpaired) electrons. The van der Waals surface area contributed by atoms with Gasteiger partial charge in [-0.05, 0) is 64.0 Å². The molecule has 0 saturated carbocycles. The van der Waals surface area contributed by atoms with E-state index in [1.54, 1.807) is 0 Å². The zero-order valence-corrected chi connectivity index (χ0v) is 20.3. The Kier molecular flexibility index (Phi) is 8.17. The number of aromatic nitrogens is 1. The highest BCUT2D eigenvalue weighted by atomic mass is 16.2. The molecule has 1 unspecified atom stereocenters. The summed E-state index contributed by atoms with van der Waals surface area (Å²) in [6.07, 6.45) is 8.96. The van der Waals surface area contributed by atoms with Crippen LogP contribution in [-0.4, -0.2) is 78.5 Å². The fraction of sp³-hybridized carbons (Fsp3) is 0.654. The number of benzene rings is 1.